The number of carbonyl (C=O) groups is 2. The van der Waals surface area contributed by atoms with Gasteiger partial charge in [-0.25, -0.2) is 0 Å². The van der Waals surface area contributed by atoms with Gasteiger partial charge < -0.3 is 20.1 Å². The van der Waals surface area contributed by atoms with Crippen LogP contribution in [0.3, 0.4) is 0 Å². The number of carbonyl (C=O) groups excluding carboxylic acids is 2. The number of esters is 1. The smallest absolute Gasteiger partial charge is 0.307 e. The van der Waals surface area contributed by atoms with Crippen LogP contribution in [-0.4, -0.2) is 50.7 Å². The molecule has 0 spiro atoms. The number of ether oxygens (including phenoxy) is 2. The number of methoxy groups -OCH3 is 2. The predicted octanol–water partition coefficient (Wildman–Crippen LogP) is 1.68. The summed E-state index contributed by atoms with van der Waals surface area (Å²) in [6.07, 6.45) is 0.125. The Hall–Kier alpha value is -1.60. The maximum atomic E-state index is 12.5. The van der Waals surface area contributed by atoms with Crippen LogP contribution in [0.2, 0.25) is 0 Å². The van der Waals surface area contributed by atoms with Gasteiger partial charge in [-0.15, -0.1) is 0 Å². The summed E-state index contributed by atoms with van der Waals surface area (Å²) >= 11 is 3.31. The molecule has 1 aromatic rings. The third-order valence-corrected chi connectivity index (χ3v) is 3.41. The standard InChI is InChI=1S/C14H19BrN2O4/c1-20-8-7-17(6-5-13(18)21-2)14(19)11-9-10(15)3-4-12(11)16/h3-4,9H,5-8,16H2,1-2H3. The number of rotatable bonds is 7. The van der Waals surface area contributed by atoms with E-state index in [1.807, 2.05) is 0 Å². The zero-order valence-electron chi connectivity index (χ0n) is 12.1. The topological polar surface area (TPSA) is 81.9 Å². The first-order valence-electron chi connectivity index (χ1n) is 6.39. The molecule has 0 saturated carbocycles. The summed E-state index contributed by atoms with van der Waals surface area (Å²) in [6, 6.07) is 5.09. The molecule has 0 aliphatic carbocycles. The highest BCUT2D eigenvalue weighted by atomic mass is 79.9. The molecule has 0 aliphatic heterocycles. The Balaban J connectivity index is 2.87. The van der Waals surface area contributed by atoms with Gasteiger partial charge in [0.1, 0.15) is 0 Å². The largest absolute Gasteiger partial charge is 0.469 e. The molecule has 7 heteroatoms. The van der Waals surface area contributed by atoms with Gasteiger partial charge in [0.05, 0.1) is 25.7 Å². The van der Waals surface area contributed by atoms with Crippen molar-refractivity contribution in [2.45, 2.75) is 6.42 Å². The number of halogens is 1. The number of nitrogen functional groups attached to an aromatic ring is 1. The monoisotopic (exact) mass is 358 g/mol. The first kappa shape index (κ1) is 17.5. The lowest BCUT2D eigenvalue weighted by molar-refractivity contribution is -0.140. The summed E-state index contributed by atoms with van der Waals surface area (Å²) in [6.45, 7) is 1.000. The van der Waals surface area contributed by atoms with Crippen LogP contribution in [0.15, 0.2) is 22.7 Å². The van der Waals surface area contributed by atoms with E-state index in [-0.39, 0.29) is 24.8 Å². The van der Waals surface area contributed by atoms with Crippen molar-refractivity contribution in [3.05, 3.63) is 28.2 Å². The second-order valence-electron chi connectivity index (χ2n) is 4.34. The van der Waals surface area contributed by atoms with E-state index in [0.29, 0.717) is 24.4 Å². The van der Waals surface area contributed by atoms with Crippen molar-refractivity contribution in [2.24, 2.45) is 0 Å². The minimum absolute atomic E-state index is 0.125. The van der Waals surface area contributed by atoms with Crippen LogP contribution >= 0.6 is 15.9 Å². The summed E-state index contributed by atoms with van der Waals surface area (Å²) in [7, 11) is 2.87. The average Bonchev–Trinajstić information content (AvgIpc) is 2.48. The SMILES string of the molecule is COCCN(CCC(=O)OC)C(=O)c1cc(Br)ccc1N. The van der Waals surface area contributed by atoms with Crippen LogP contribution < -0.4 is 5.73 Å². The van der Waals surface area contributed by atoms with Crippen molar-refractivity contribution in [3.8, 4) is 0 Å². The Morgan fingerprint density at radius 2 is 2.00 bits per heavy atom. The number of amides is 1. The lowest BCUT2D eigenvalue weighted by Crippen LogP contribution is -2.36. The van der Waals surface area contributed by atoms with Crippen LogP contribution in [0.4, 0.5) is 5.69 Å². The second kappa shape index (κ2) is 8.63. The normalized spacial score (nSPS) is 10.2. The molecule has 21 heavy (non-hydrogen) atoms. The van der Waals surface area contributed by atoms with Gasteiger partial charge in [0.25, 0.3) is 5.91 Å². The number of nitrogens with zero attached hydrogens (tertiary/aromatic N) is 1. The lowest BCUT2D eigenvalue weighted by atomic mass is 10.1. The average molecular weight is 359 g/mol. The van der Waals surface area contributed by atoms with Crippen LogP contribution in [-0.2, 0) is 14.3 Å². The molecule has 1 amide bonds. The Kier molecular flexibility index (Phi) is 7.18. The highest BCUT2D eigenvalue weighted by Gasteiger charge is 2.19. The maximum absolute atomic E-state index is 12.5. The molecular formula is C14H19BrN2O4. The molecule has 0 saturated heterocycles. The van der Waals surface area contributed by atoms with Crippen LogP contribution in [0, 0.1) is 0 Å². The third-order valence-electron chi connectivity index (χ3n) is 2.91. The van der Waals surface area contributed by atoms with Gasteiger partial charge in [-0.05, 0) is 18.2 Å². The van der Waals surface area contributed by atoms with Gasteiger partial charge in [0.15, 0.2) is 0 Å². The van der Waals surface area contributed by atoms with Crippen molar-refractivity contribution >= 4 is 33.5 Å². The van der Waals surface area contributed by atoms with Crippen LogP contribution in [0.5, 0.6) is 0 Å². The Labute approximate surface area is 132 Å². The molecule has 2 N–H and O–H groups in total. The van der Waals surface area contributed by atoms with E-state index >= 15 is 0 Å². The molecule has 0 unspecified atom stereocenters. The van der Waals surface area contributed by atoms with Crippen molar-refractivity contribution < 1.29 is 19.1 Å². The van der Waals surface area contributed by atoms with Crippen molar-refractivity contribution in [1.82, 2.24) is 4.90 Å². The van der Waals surface area contributed by atoms with Gasteiger partial charge in [-0.1, -0.05) is 15.9 Å². The van der Waals surface area contributed by atoms with Crippen molar-refractivity contribution in [2.75, 3.05) is 39.6 Å². The number of benzene rings is 1. The van der Waals surface area contributed by atoms with Gasteiger partial charge in [0, 0.05) is 30.4 Å². The van der Waals surface area contributed by atoms with E-state index in [4.69, 9.17) is 10.5 Å². The van der Waals surface area contributed by atoms with Gasteiger partial charge in [0.2, 0.25) is 0 Å². The molecule has 6 nitrogen and oxygen atoms in total. The highest BCUT2D eigenvalue weighted by molar-refractivity contribution is 9.10. The van der Waals surface area contributed by atoms with Crippen LogP contribution in [0.25, 0.3) is 0 Å². The highest BCUT2D eigenvalue weighted by Crippen LogP contribution is 2.20. The number of nitrogens with two attached hydrogens (primary N) is 1. The summed E-state index contributed by atoms with van der Waals surface area (Å²) in [5.41, 5.74) is 6.63. The van der Waals surface area contributed by atoms with E-state index < -0.39 is 0 Å². The van der Waals surface area contributed by atoms with E-state index in [1.54, 1.807) is 25.3 Å². The minimum Gasteiger partial charge on any atom is -0.469 e. The fourth-order valence-electron chi connectivity index (χ4n) is 1.73. The third kappa shape index (κ3) is 5.35. The molecule has 0 aromatic heterocycles. The molecule has 1 aromatic carbocycles. The maximum Gasteiger partial charge on any atom is 0.307 e. The number of hydrogen-bond acceptors (Lipinski definition) is 5. The minimum atomic E-state index is -0.368. The van der Waals surface area contributed by atoms with Crippen molar-refractivity contribution in [1.29, 1.82) is 0 Å². The van der Waals surface area contributed by atoms with E-state index in [0.717, 1.165) is 4.47 Å². The van der Waals surface area contributed by atoms with E-state index in [2.05, 4.69) is 20.7 Å². The molecule has 0 atom stereocenters. The van der Waals surface area contributed by atoms with E-state index in [1.165, 1.54) is 12.0 Å². The van der Waals surface area contributed by atoms with Gasteiger partial charge >= 0.3 is 5.97 Å². The Morgan fingerprint density at radius 1 is 1.29 bits per heavy atom. The van der Waals surface area contributed by atoms with E-state index in [9.17, 15) is 9.59 Å². The fraction of sp³-hybridized carbons (Fsp3) is 0.429. The lowest BCUT2D eigenvalue weighted by Gasteiger charge is -2.22. The Bertz CT molecular complexity index is 508. The molecule has 0 heterocycles. The van der Waals surface area contributed by atoms with Crippen molar-refractivity contribution in [3.63, 3.8) is 0 Å². The summed E-state index contributed by atoms with van der Waals surface area (Å²) < 4.78 is 10.4. The second-order valence-corrected chi connectivity index (χ2v) is 5.26. The van der Waals surface area contributed by atoms with Crippen LogP contribution in [0.1, 0.15) is 16.8 Å². The number of hydrogen-bond donors (Lipinski definition) is 1. The first-order valence-corrected chi connectivity index (χ1v) is 7.19. The Morgan fingerprint density at radius 3 is 2.62 bits per heavy atom. The molecule has 1 rings (SSSR count). The molecule has 0 aliphatic rings. The summed E-state index contributed by atoms with van der Waals surface area (Å²) in [5.74, 6) is -0.609. The molecule has 0 radical (unpaired) electrons. The zero-order valence-corrected chi connectivity index (χ0v) is 13.7. The zero-order chi connectivity index (χ0) is 15.8. The number of anilines is 1. The fourth-order valence-corrected chi connectivity index (χ4v) is 2.09. The molecule has 116 valence electrons. The molecule has 0 fully saturated rings. The summed E-state index contributed by atoms with van der Waals surface area (Å²) in [4.78, 5) is 25.3. The quantitative estimate of drug-likeness (QED) is 0.592. The van der Waals surface area contributed by atoms with Gasteiger partial charge in [-0.3, -0.25) is 9.59 Å². The first-order chi connectivity index (χ1) is 9.99. The predicted molar refractivity (Wildman–Crippen MR) is 83.0 cm³/mol. The molecular weight excluding hydrogens is 340 g/mol. The molecule has 0 bridgehead atoms. The summed E-state index contributed by atoms with van der Waals surface area (Å²) in [5, 5.41) is 0. The van der Waals surface area contributed by atoms with Gasteiger partial charge in [-0.2, -0.15) is 0 Å².